The van der Waals surface area contributed by atoms with Crippen LogP contribution in [-0.2, 0) is 0 Å². The van der Waals surface area contributed by atoms with E-state index in [0.29, 0.717) is 11.4 Å². The summed E-state index contributed by atoms with van der Waals surface area (Å²) >= 11 is 0. The van der Waals surface area contributed by atoms with Crippen LogP contribution in [0, 0.1) is 0 Å². The van der Waals surface area contributed by atoms with E-state index >= 15 is 0 Å². The molecule has 0 bridgehead atoms. The number of rotatable bonds is 12. The molecule has 4 N–H and O–H groups in total. The van der Waals surface area contributed by atoms with Crippen molar-refractivity contribution in [2.75, 3.05) is 14.2 Å². The number of hydroxylamine groups is 2. The van der Waals surface area contributed by atoms with E-state index in [1.165, 1.54) is 0 Å². The molecule has 156 valence electrons. The lowest BCUT2D eigenvalue weighted by molar-refractivity contribution is 0.224. The van der Waals surface area contributed by atoms with E-state index < -0.39 is 0 Å². The Morgan fingerprint density at radius 3 is 1.38 bits per heavy atom. The third kappa shape index (κ3) is 7.18. The minimum absolute atomic E-state index is 0.693. The molecule has 0 aromatic heterocycles. The molecule has 2 rings (SSSR count). The van der Waals surface area contributed by atoms with Crippen molar-refractivity contribution in [2.45, 2.75) is 32.1 Å². The highest BCUT2D eigenvalue weighted by molar-refractivity contribution is 5.64. The lowest BCUT2D eigenvalue weighted by Gasteiger charge is -2.08. The summed E-state index contributed by atoms with van der Waals surface area (Å²) in [4.78, 5) is 0. The zero-order valence-electron chi connectivity index (χ0n) is 17.0. The van der Waals surface area contributed by atoms with Gasteiger partial charge < -0.3 is 9.47 Å². The molecule has 0 amide bonds. The first-order chi connectivity index (χ1) is 14.2. The van der Waals surface area contributed by atoms with Crippen LogP contribution in [0.15, 0.2) is 60.7 Å². The Kier molecular flexibility index (Phi) is 9.62. The van der Waals surface area contributed by atoms with E-state index in [2.05, 4.69) is 11.0 Å². The molecule has 0 atom stereocenters. The van der Waals surface area contributed by atoms with Crippen molar-refractivity contribution in [3.05, 3.63) is 71.8 Å². The van der Waals surface area contributed by atoms with Crippen LogP contribution in [0.3, 0.4) is 0 Å². The van der Waals surface area contributed by atoms with Crippen molar-refractivity contribution in [1.29, 1.82) is 0 Å². The monoisotopic (exact) mass is 398 g/mol. The molecule has 0 radical (unpaired) electrons. The van der Waals surface area contributed by atoms with Crippen LogP contribution < -0.4 is 20.4 Å². The summed E-state index contributed by atoms with van der Waals surface area (Å²) in [5.74, 6) is 1.57. The third-order valence-corrected chi connectivity index (χ3v) is 4.65. The molecule has 0 aliphatic rings. The molecule has 2 aromatic rings. The number of allylic oxidation sites excluding steroid dienone is 2. The molecular formula is C23H30N2O4. The zero-order chi connectivity index (χ0) is 20.9. The first kappa shape index (κ1) is 22.3. The number of methoxy groups -OCH3 is 2. The molecule has 0 saturated heterocycles. The van der Waals surface area contributed by atoms with E-state index in [9.17, 15) is 10.4 Å². The second-order valence-corrected chi connectivity index (χ2v) is 6.55. The Morgan fingerprint density at radius 1 is 0.690 bits per heavy atom. The van der Waals surface area contributed by atoms with Gasteiger partial charge in [0, 0.05) is 0 Å². The van der Waals surface area contributed by atoms with Gasteiger partial charge in [-0.3, -0.25) is 21.4 Å². The van der Waals surface area contributed by atoms with Crippen LogP contribution in [0.25, 0.3) is 11.4 Å². The fourth-order valence-electron chi connectivity index (χ4n) is 2.96. The lowest BCUT2D eigenvalue weighted by Crippen LogP contribution is -2.05. The Bertz CT molecular complexity index is 716. The van der Waals surface area contributed by atoms with Gasteiger partial charge in [-0.05, 0) is 85.3 Å². The maximum Gasteiger partial charge on any atom is 0.118 e. The maximum absolute atomic E-state index is 9.38. The second kappa shape index (κ2) is 12.5. The van der Waals surface area contributed by atoms with Gasteiger partial charge in [0.25, 0.3) is 0 Å². The number of nitrogens with one attached hydrogen (secondary N) is 2. The van der Waals surface area contributed by atoms with Crippen LogP contribution in [0.2, 0.25) is 0 Å². The summed E-state index contributed by atoms with van der Waals surface area (Å²) in [6.45, 7) is 0. The summed E-state index contributed by atoms with van der Waals surface area (Å²) in [5, 5.41) is 18.8. The van der Waals surface area contributed by atoms with E-state index in [-0.39, 0.29) is 0 Å². The van der Waals surface area contributed by atoms with Gasteiger partial charge >= 0.3 is 0 Å². The molecule has 0 unspecified atom stereocenters. The summed E-state index contributed by atoms with van der Waals surface area (Å²) < 4.78 is 10.3. The summed E-state index contributed by atoms with van der Waals surface area (Å²) in [5.41, 5.74) is 7.75. The van der Waals surface area contributed by atoms with Gasteiger partial charge in [0.1, 0.15) is 11.5 Å². The topological polar surface area (TPSA) is 83.0 Å². The van der Waals surface area contributed by atoms with E-state index in [4.69, 9.17) is 9.47 Å². The highest BCUT2D eigenvalue weighted by Gasteiger charge is 2.02. The van der Waals surface area contributed by atoms with Crippen molar-refractivity contribution in [3.8, 4) is 11.5 Å². The van der Waals surface area contributed by atoms with Crippen molar-refractivity contribution in [3.63, 3.8) is 0 Å². The Morgan fingerprint density at radius 2 is 1.07 bits per heavy atom. The molecule has 0 aliphatic carbocycles. The maximum atomic E-state index is 9.38. The van der Waals surface area contributed by atoms with Gasteiger partial charge in [-0.15, -0.1) is 0 Å². The average molecular weight is 399 g/mol. The Balaban J connectivity index is 1.76. The van der Waals surface area contributed by atoms with Crippen LogP contribution in [0.1, 0.15) is 43.2 Å². The van der Waals surface area contributed by atoms with Crippen LogP contribution in [-0.4, -0.2) is 24.6 Å². The number of unbranched alkanes of at least 4 members (excludes halogenated alkanes) is 4. The van der Waals surface area contributed by atoms with Crippen LogP contribution in [0.4, 0.5) is 0 Å². The normalized spacial score (nSPS) is 11.9. The fraction of sp³-hybridized carbons (Fsp3) is 0.304. The number of hydrogen-bond acceptors (Lipinski definition) is 6. The largest absolute Gasteiger partial charge is 0.497 e. The first-order valence-electron chi connectivity index (χ1n) is 9.71. The van der Waals surface area contributed by atoms with Crippen molar-refractivity contribution in [1.82, 2.24) is 11.0 Å². The van der Waals surface area contributed by atoms with E-state index in [1.807, 2.05) is 60.7 Å². The highest BCUT2D eigenvalue weighted by Crippen LogP contribution is 2.19. The van der Waals surface area contributed by atoms with Crippen molar-refractivity contribution in [2.24, 2.45) is 0 Å². The average Bonchev–Trinajstić information content (AvgIpc) is 2.78. The third-order valence-electron chi connectivity index (χ3n) is 4.65. The summed E-state index contributed by atoms with van der Waals surface area (Å²) in [7, 11) is 3.25. The molecular weight excluding hydrogens is 368 g/mol. The highest BCUT2D eigenvalue weighted by atomic mass is 16.5. The molecule has 0 heterocycles. The van der Waals surface area contributed by atoms with Gasteiger partial charge in [0.2, 0.25) is 0 Å². The van der Waals surface area contributed by atoms with Gasteiger partial charge in [-0.2, -0.15) is 0 Å². The van der Waals surface area contributed by atoms with Gasteiger partial charge in [-0.1, -0.05) is 18.6 Å². The number of ether oxygens (including phenoxy) is 2. The molecule has 0 fully saturated rings. The second-order valence-electron chi connectivity index (χ2n) is 6.55. The lowest BCUT2D eigenvalue weighted by atomic mass is 10.1. The standard InChI is InChI=1S/C23H30N2O4/c1-28-20-14-10-18(11-15-20)22(24-26)8-6-4-3-5-7-9-23(25-27)19-12-16-21(29-2)17-13-19/h8-17,24-27H,3-7H2,1-2H3/b22-8+,23-9+. The Labute approximate surface area is 172 Å². The smallest absolute Gasteiger partial charge is 0.118 e. The molecule has 0 saturated carbocycles. The zero-order valence-corrected chi connectivity index (χ0v) is 17.0. The molecule has 6 nitrogen and oxygen atoms in total. The van der Waals surface area contributed by atoms with E-state index in [0.717, 1.165) is 54.7 Å². The van der Waals surface area contributed by atoms with Gasteiger partial charge in [0.05, 0.1) is 25.6 Å². The molecule has 6 heteroatoms. The number of hydrogen-bond donors (Lipinski definition) is 4. The van der Waals surface area contributed by atoms with Gasteiger partial charge in [0.15, 0.2) is 0 Å². The minimum atomic E-state index is 0.693. The quantitative estimate of drug-likeness (QED) is 0.298. The summed E-state index contributed by atoms with van der Waals surface area (Å²) in [6, 6.07) is 15.1. The molecule has 2 aromatic carbocycles. The summed E-state index contributed by atoms with van der Waals surface area (Å²) in [6.07, 6.45) is 8.80. The van der Waals surface area contributed by atoms with Crippen molar-refractivity contribution < 1.29 is 19.9 Å². The predicted molar refractivity (Wildman–Crippen MR) is 115 cm³/mol. The van der Waals surface area contributed by atoms with Crippen LogP contribution >= 0.6 is 0 Å². The van der Waals surface area contributed by atoms with Gasteiger partial charge in [-0.25, -0.2) is 0 Å². The SMILES string of the molecule is COc1ccc(/C(=C\CCCCC/C=C(/NO)c2ccc(OC)cc2)NO)cc1. The first-order valence-corrected chi connectivity index (χ1v) is 9.71. The predicted octanol–water partition coefficient (Wildman–Crippen LogP) is 4.99. The van der Waals surface area contributed by atoms with Crippen LogP contribution in [0.5, 0.6) is 11.5 Å². The Hall–Kier alpha value is -2.96. The van der Waals surface area contributed by atoms with Crippen molar-refractivity contribution >= 4 is 11.4 Å². The van der Waals surface area contributed by atoms with E-state index in [1.54, 1.807) is 14.2 Å². The fourth-order valence-corrected chi connectivity index (χ4v) is 2.96. The number of benzene rings is 2. The molecule has 29 heavy (non-hydrogen) atoms. The molecule has 0 aliphatic heterocycles. The molecule has 0 spiro atoms. The minimum Gasteiger partial charge on any atom is -0.497 e.